The lowest BCUT2D eigenvalue weighted by Gasteiger charge is -2.39. The molecule has 0 saturated heterocycles. The van der Waals surface area contributed by atoms with E-state index in [1.54, 1.807) is 12.1 Å². The van der Waals surface area contributed by atoms with E-state index in [4.69, 9.17) is 17.3 Å². The van der Waals surface area contributed by atoms with Gasteiger partial charge >= 0.3 is 0 Å². The van der Waals surface area contributed by atoms with Gasteiger partial charge in [-0.25, -0.2) is 8.78 Å². The molecule has 1 saturated carbocycles. The summed E-state index contributed by atoms with van der Waals surface area (Å²) >= 11 is 5.83. The van der Waals surface area contributed by atoms with Gasteiger partial charge in [0.05, 0.1) is 0 Å². The Morgan fingerprint density at radius 3 is 2.06 bits per heavy atom. The fourth-order valence-electron chi connectivity index (χ4n) is 2.51. The molecule has 1 aromatic rings. The normalized spacial score (nSPS) is 22.4. The molecule has 1 aromatic carbocycles. The van der Waals surface area contributed by atoms with Crippen LogP contribution < -0.4 is 5.73 Å². The van der Waals surface area contributed by atoms with Gasteiger partial charge in [0.25, 0.3) is 0 Å². The second-order valence-corrected chi connectivity index (χ2v) is 5.28. The molecule has 94 valence electrons. The third kappa shape index (κ3) is 2.61. The zero-order valence-corrected chi connectivity index (χ0v) is 10.3. The first-order chi connectivity index (χ1) is 7.97. The summed E-state index contributed by atoms with van der Waals surface area (Å²) < 4.78 is 26.4. The van der Waals surface area contributed by atoms with Crippen LogP contribution in [-0.4, -0.2) is 12.5 Å². The molecule has 0 atom stereocenters. The maximum absolute atomic E-state index is 13.2. The Morgan fingerprint density at radius 2 is 1.59 bits per heavy atom. The zero-order chi connectivity index (χ0) is 12.5. The number of halogens is 3. The minimum Gasteiger partial charge on any atom is -0.330 e. The predicted molar refractivity (Wildman–Crippen MR) is 65.6 cm³/mol. The van der Waals surface area contributed by atoms with E-state index in [0.29, 0.717) is 24.4 Å². The monoisotopic (exact) mass is 259 g/mol. The molecule has 1 nitrogen and oxygen atoms in total. The minimum absolute atomic E-state index is 0.0766. The minimum atomic E-state index is -2.52. The summed E-state index contributed by atoms with van der Waals surface area (Å²) in [5.74, 6) is -2.52. The molecule has 0 unspecified atom stereocenters. The molecule has 0 heterocycles. The van der Waals surface area contributed by atoms with Crippen molar-refractivity contribution in [3.8, 4) is 0 Å². The smallest absolute Gasteiger partial charge is 0.248 e. The zero-order valence-electron chi connectivity index (χ0n) is 9.56. The average Bonchev–Trinajstić information content (AvgIpc) is 2.31. The number of hydrogen-bond acceptors (Lipinski definition) is 1. The van der Waals surface area contributed by atoms with Crippen LogP contribution in [0.4, 0.5) is 8.78 Å². The SMILES string of the molecule is NCC1(c2ccc(Cl)cc2)CCC(F)(F)CC1. The number of benzene rings is 1. The predicted octanol–water partition coefficient (Wildman–Crippen LogP) is 3.75. The van der Waals surface area contributed by atoms with Crippen LogP contribution in [-0.2, 0) is 5.41 Å². The summed E-state index contributed by atoms with van der Waals surface area (Å²) in [4.78, 5) is 0. The van der Waals surface area contributed by atoms with Crippen molar-refractivity contribution in [2.24, 2.45) is 5.73 Å². The molecule has 2 rings (SSSR count). The molecule has 0 aromatic heterocycles. The second-order valence-electron chi connectivity index (χ2n) is 4.85. The lowest BCUT2D eigenvalue weighted by atomic mass is 9.68. The second kappa shape index (κ2) is 4.54. The number of rotatable bonds is 2. The Hall–Kier alpha value is -0.670. The van der Waals surface area contributed by atoms with Gasteiger partial charge in [0.1, 0.15) is 0 Å². The van der Waals surface area contributed by atoms with Gasteiger partial charge < -0.3 is 5.73 Å². The molecule has 0 radical (unpaired) electrons. The first-order valence-corrected chi connectivity index (χ1v) is 6.19. The van der Waals surface area contributed by atoms with Gasteiger partial charge in [-0.1, -0.05) is 23.7 Å². The lowest BCUT2D eigenvalue weighted by molar-refractivity contribution is -0.0509. The van der Waals surface area contributed by atoms with Crippen LogP contribution in [0.25, 0.3) is 0 Å². The highest BCUT2D eigenvalue weighted by molar-refractivity contribution is 6.30. The first kappa shape index (κ1) is 12.8. The highest BCUT2D eigenvalue weighted by atomic mass is 35.5. The van der Waals surface area contributed by atoms with E-state index in [0.717, 1.165) is 5.56 Å². The summed E-state index contributed by atoms with van der Waals surface area (Å²) in [7, 11) is 0. The molecule has 1 fully saturated rings. The molecule has 0 amide bonds. The average molecular weight is 260 g/mol. The largest absolute Gasteiger partial charge is 0.330 e. The van der Waals surface area contributed by atoms with Crippen molar-refractivity contribution in [3.05, 3.63) is 34.9 Å². The molecule has 2 N–H and O–H groups in total. The van der Waals surface area contributed by atoms with Gasteiger partial charge in [0.2, 0.25) is 5.92 Å². The molecule has 1 aliphatic rings. The molecule has 1 aliphatic carbocycles. The van der Waals surface area contributed by atoms with Crippen molar-refractivity contribution in [1.29, 1.82) is 0 Å². The fourth-order valence-corrected chi connectivity index (χ4v) is 2.63. The number of alkyl halides is 2. The van der Waals surface area contributed by atoms with Crippen molar-refractivity contribution in [2.75, 3.05) is 6.54 Å². The standard InChI is InChI=1S/C13H16ClF2N/c14-11-3-1-10(2-4-11)12(9-17)5-7-13(15,16)8-6-12/h1-4H,5-9,17H2. The molecule has 0 bridgehead atoms. The maximum atomic E-state index is 13.2. The highest BCUT2D eigenvalue weighted by Gasteiger charge is 2.43. The van der Waals surface area contributed by atoms with E-state index in [2.05, 4.69) is 0 Å². The van der Waals surface area contributed by atoms with Crippen molar-refractivity contribution < 1.29 is 8.78 Å². The van der Waals surface area contributed by atoms with Crippen LogP contribution in [0.2, 0.25) is 5.02 Å². The summed E-state index contributed by atoms with van der Waals surface area (Å²) in [6.07, 6.45) is 0.732. The van der Waals surface area contributed by atoms with Crippen LogP contribution >= 0.6 is 11.6 Å². The molecule has 0 aliphatic heterocycles. The summed E-state index contributed by atoms with van der Waals surface area (Å²) in [6.45, 7) is 0.407. The Bertz CT molecular complexity index is 379. The van der Waals surface area contributed by atoms with Gasteiger partial charge in [-0.15, -0.1) is 0 Å². The van der Waals surface area contributed by atoms with Crippen LogP contribution in [0.3, 0.4) is 0 Å². The Kier molecular flexibility index (Phi) is 3.41. The summed E-state index contributed by atoms with van der Waals surface area (Å²) in [5.41, 5.74) is 6.55. The van der Waals surface area contributed by atoms with E-state index >= 15 is 0 Å². The van der Waals surface area contributed by atoms with E-state index in [1.165, 1.54) is 0 Å². The van der Waals surface area contributed by atoms with Gasteiger partial charge in [-0.3, -0.25) is 0 Å². The number of nitrogens with two attached hydrogens (primary N) is 1. The van der Waals surface area contributed by atoms with Crippen LogP contribution in [0.1, 0.15) is 31.2 Å². The van der Waals surface area contributed by atoms with Crippen molar-refractivity contribution in [1.82, 2.24) is 0 Å². The van der Waals surface area contributed by atoms with Crippen LogP contribution in [0.15, 0.2) is 24.3 Å². The van der Waals surface area contributed by atoms with E-state index in [1.807, 2.05) is 12.1 Å². The third-order valence-electron chi connectivity index (χ3n) is 3.79. The highest BCUT2D eigenvalue weighted by Crippen LogP contribution is 2.44. The third-order valence-corrected chi connectivity index (χ3v) is 4.04. The maximum Gasteiger partial charge on any atom is 0.248 e. The van der Waals surface area contributed by atoms with Gasteiger partial charge in [0, 0.05) is 29.8 Å². The van der Waals surface area contributed by atoms with E-state index in [-0.39, 0.29) is 18.3 Å². The summed E-state index contributed by atoms with van der Waals surface area (Å²) in [5, 5.41) is 0.655. The topological polar surface area (TPSA) is 26.0 Å². The van der Waals surface area contributed by atoms with Crippen molar-refractivity contribution in [3.63, 3.8) is 0 Å². The van der Waals surface area contributed by atoms with Gasteiger partial charge in [0.15, 0.2) is 0 Å². The van der Waals surface area contributed by atoms with E-state index in [9.17, 15) is 8.78 Å². The Balaban J connectivity index is 2.24. The van der Waals surface area contributed by atoms with Gasteiger partial charge in [-0.05, 0) is 30.5 Å². The lowest BCUT2D eigenvalue weighted by Crippen LogP contribution is -2.42. The van der Waals surface area contributed by atoms with Crippen molar-refractivity contribution in [2.45, 2.75) is 37.0 Å². The molecular formula is C13H16ClF2N. The fraction of sp³-hybridized carbons (Fsp3) is 0.538. The summed E-state index contributed by atoms with van der Waals surface area (Å²) in [6, 6.07) is 7.39. The quantitative estimate of drug-likeness (QED) is 0.860. The molecule has 4 heteroatoms. The Morgan fingerprint density at radius 1 is 1.06 bits per heavy atom. The van der Waals surface area contributed by atoms with Crippen LogP contribution in [0, 0.1) is 0 Å². The van der Waals surface area contributed by atoms with Crippen LogP contribution in [0.5, 0.6) is 0 Å². The van der Waals surface area contributed by atoms with E-state index < -0.39 is 5.92 Å². The Labute approximate surface area is 105 Å². The van der Waals surface area contributed by atoms with Crippen molar-refractivity contribution >= 4 is 11.6 Å². The molecule has 0 spiro atoms. The molecular weight excluding hydrogens is 244 g/mol. The number of hydrogen-bond donors (Lipinski definition) is 1. The first-order valence-electron chi connectivity index (χ1n) is 5.81. The van der Waals surface area contributed by atoms with Gasteiger partial charge in [-0.2, -0.15) is 0 Å². The molecule has 17 heavy (non-hydrogen) atoms.